The summed E-state index contributed by atoms with van der Waals surface area (Å²) in [5.74, 6) is -0.542. The minimum absolute atomic E-state index is 0.213. The van der Waals surface area contributed by atoms with Gasteiger partial charge in [0.15, 0.2) is 0 Å². The number of aromatic nitrogens is 1. The number of carbonyl (C=O) groups is 2. The van der Waals surface area contributed by atoms with Gasteiger partial charge in [0.1, 0.15) is 11.7 Å². The summed E-state index contributed by atoms with van der Waals surface area (Å²) in [4.78, 5) is 24.1. The highest BCUT2D eigenvalue weighted by Gasteiger charge is 2.18. The SMILES string of the molecule is C[C@H](NC(=O)c1cc(Cl)cn1C)C(=O)NCCc1ccccc1. The van der Waals surface area contributed by atoms with Crippen LogP contribution in [-0.4, -0.2) is 29.0 Å². The monoisotopic (exact) mass is 333 g/mol. The van der Waals surface area contributed by atoms with E-state index >= 15 is 0 Å². The van der Waals surface area contributed by atoms with E-state index in [0.29, 0.717) is 17.3 Å². The average Bonchev–Trinajstić information content (AvgIpc) is 2.87. The fraction of sp³-hybridized carbons (Fsp3) is 0.294. The second-order valence-electron chi connectivity index (χ2n) is 5.38. The average molecular weight is 334 g/mol. The molecule has 5 nitrogen and oxygen atoms in total. The number of halogens is 1. The van der Waals surface area contributed by atoms with E-state index in [0.717, 1.165) is 12.0 Å². The molecule has 0 radical (unpaired) electrons. The van der Waals surface area contributed by atoms with Gasteiger partial charge < -0.3 is 15.2 Å². The predicted octanol–water partition coefficient (Wildman–Crippen LogP) is 2.16. The van der Waals surface area contributed by atoms with Crippen molar-refractivity contribution in [2.24, 2.45) is 7.05 Å². The van der Waals surface area contributed by atoms with Gasteiger partial charge in [0, 0.05) is 19.8 Å². The third-order valence-corrected chi connectivity index (χ3v) is 3.71. The first-order valence-electron chi connectivity index (χ1n) is 7.41. The summed E-state index contributed by atoms with van der Waals surface area (Å²) in [5, 5.41) is 5.97. The van der Waals surface area contributed by atoms with Crippen molar-refractivity contribution in [3.05, 3.63) is 58.9 Å². The molecule has 122 valence electrons. The van der Waals surface area contributed by atoms with Crippen LogP contribution in [-0.2, 0) is 18.3 Å². The van der Waals surface area contributed by atoms with Gasteiger partial charge in [-0.05, 0) is 25.0 Å². The van der Waals surface area contributed by atoms with Crippen LogP contribution in [0.15, 0.2) is 42.6 Å². The van der Waals surface area contributed by atoms with Crippen molar-refractivity contribution in [2.45, 2.75) is 19.4 Å². The van der Waals surface area contributed by atoms with E-state index < -0.39 is 6.04 Å². The number of hydrogen-bond donors (Lipinski definition) is 2. The Morgan fingerprint density at radius 3 is 2.57 bits per heavy atom. The first-order valence-corrected chi connectivity index (χ1v) is 7.79. The summed E-state index contributed by atoms with van der Waals surface area (Å²) in [6.07, 6.45) is 2.39. The van der Waals surface area contributed by atoms with Crippen molar-refractivity contribution in [1.82, 2.24) is 15.2 Å². The lowest BCUT2D eigenvalue weighted by Crippen LogP contribution is -2.45. The van der Waals surface area contributed by atoms with Gasteiger partial charge in [-0.15, -0.1) is 0 Å². The van der Waals surface area contributed by atoms with Crippen LogP contribution in [0.4, 0.5) is 0 Å². The molecule has 0 saturated carbocycles. The zero-order valence-corrected chi connectivity index (χ0v) is 13.9. The normalized spacial score (nSPS) is 11.8. The second kappa shape index (κ2) is 7.83. The van der Waals surface area contributed by atoms with E-state index in [1.54, 1.807) is 30.8 Å². The Morgan fingerprint density at radius 2 is 1.96 bits per heavy atom. The summed E-state index contributed by atoms with van der Waals surface area (Å²) in [7, 11) is 1.73. The van der Waals surface area contributed by atoms with Crippen LogP contribution in [0, 0.1) is 0 Å². The Kier molecular flexibility index (Phi) is 5.82. The summed E-state index contributed by atoms with van der Waals surface area (Å²) in [6, 6.07) is 10.8. The number of benzene rings is 1. The third kappa shape index (κ3) is 4.86. The van der Waals surface area contributed by atoms with Crippen molar-refractivity contribution in [3.63, 3.8) is 0 Å². The molecule has 6 heteroatoms. The molecule has 0 saturated heterocycles. The highest BCUT2D eigenvalue weighted by Crippen LogP contribution is 2.12. The quantitative estimate of drug-likeness (QED) is 0.851. The molecule has 23 heavy (non-hydrogen) atoms. The topological polar surface area (TPSA) is 63.1 Å². The molecule has 1 atom stereocenters. The molecule has 1 aromatic heterocycles. The van der Waals surface area contributed by atoms with Crippen LogP contribution in [0.1, 0.15) is 23.0 Å². The van der Waals surface area contributed by atoms with Crippen molar-refractivity contribution in [2.75, 3.05) is 6.54 Å². The van der Waals surface area contributed by atoms with Crippen LogP contribution in [0.2, 0.25) is 5.02 Å². The van der Waals surface area contributed by atoms with Crippen molar-refractivity contribution < 1.29 is 9.59 Å². The summed E-state index contributed by atoms with van der Waals surface area (Å²) < 4.78 is 1.62. The van der Waals surface area contributed by atoms with E-state index in [1.807, 2.05) is 30.3 Å². The fourth-order valence-electron chi connectivity index (χ4n) is 2.21. The number of carbonyl (C=O) groups excluding carboxylic acids is 2. The molecular weight excluding hydrogens is 314 g/mol. The number of rotatable bonds is 6. The molecular formula is C17H20ClN3O2. The molecule has 0 aliphatic rings. The van der Waals surface area contributed by atoms with Gasteiger partial charge in [0.2, 0.25) is 5.91 Å². The summed E-state index contributed by atoms with van der Waals surface area (Å²) in [5.41, 5.74) is 1.57. The van der Waals surface area contributed by atoms with E-state index in [2.05, 4.69) is 10.6 Å². The zero-order chi connectivity index (χ0) is 16.8. The number of hydrogen-bond acceptors (Lipinski definition) is 2. The largest absolute Gasteiger partial charge is 0.354 e. The van der Waals surface area contributed by atoms with E-state index in [1.165, 1.54) is 0 Å². The first kappa shape index (κ1) is 17.1. The lowest BCUT2D eigenvalue weighted by molar-refractivity contribution is -0.122. The second-order valence-corrected chi connectivity index (χ2v) is 5.81. The maximum absolute atomic E-state index is 12.1. The zero-order valence-electron chi connectivity index (χ0n) is 13.2. The molecule has 1 aromatic carbocycles. The van der Waals surface area contributed by atoms with Crippen LogP contribution in [0.25, 0.3) is 0 Å². The van der Waals surface area contributed by atoms with E-state index in [9.17, 15) is 9.59 Å². The lowest BCUT2D eigenvalue weighted by Gasteiger charge is -2.14. The molecule has 0 aliphatic carbocycles. The van der Waals surface area contributed by atoms with Crippen LogP contribution in [0.3, 0.4) is 0 Å². The Balaban J connectivity index is 1.80. The number of nitrogens with one attached hydrogen (secondary N) is 2. The van der Waals surface area contributed by atoms with Gasteiger partial charge in [-0.2, -0.15) is 0 Å². The van der Waals surface area contributed by atoms with Crippen molar-refractivity contribution in [3.8, 4) is 0 Å². The maximum Gasteiger partial charge on any atom is 0.268 e. The molecule has 0 spiro atoms. The maximum atomic E-state index is 12.1. The van der Waals surface area contributed by atoms with Crippen LogP contribution >= 0.6 is 11.6 Å². The summed E-state index contributed by atoms with van der Waals surface area (Å²) in [6.45, 7) is 2.18. The van der Waals surface area contributed by atoms with Crippen molar-refractivity contribution in [1.29, 1.82) is 0 Å². The van der Waals surface area contributed by atoms with Gasteiger partial charge in [0.05, 0.1) is 5.02 Å². The molecule has 0 bridgehead atoms. The van der Waals surface area contributed by atoms with Gasteiger partial charge in [-0.3, -0.25) is 9.59 Å². The third-order valence-electron chi connectivity index (χ3n) is 3.50. The minimum Gasteiger partial charge on any atom is -0.354 e. The molecule has 0 aliphatic heterocycles. The molecule has 2 amide bonds. The Labute approximate surface area is 140 Å². The smallest absolute Gasteiger partial charge is 0.268 e. The van der Waals surface area contributed by atoms with Gasteiger partial charge in [0.25, 0.3) is 5.91 Å². The standard InChI is InChI=1S/C17H20ClN3O2/c1-12(20-17(23)15-10-14(18)11-21(15)2)16(22)19-9-8-13-6-4-3-5-7-13/h3-7,10-12H,8-9H2,1-2H3,(H,19,22)(H,20,23)/t12-/m0/s1. The lowest BCUT2D eigenvalue weighted by atomic mass is 10.1. The first-order chi connectivity index (χ1) is 11.0. The van der Waals surface area contributed by atoms with E-state index in [4.69, 9.17) is 11.6 Å². The fourth-order valence-corrected chi connectivity index (χ4v) is 2.46. The van der Waals surface area contributed by atoms with Gasteiger partial charge >= 0.3 is 0 Å². The number of amides is 2. The summed E-state index contributed by atoms with van der Waals surface area (Å²) >= 11 is 5.86. The number of nitrogens with zero attached hydrogens (tertiary/aromatic N) is 1. The molecule has 2 rings (SSSR count). The molecule has 0 unspecified atom stereocenters. The highest BCUT2D eigenvalue weighted by molar-refractivity contribution is 6.31. The van der Waals surface area contributed by atoms with Gasteiger partial charge in [-0.1, -0.05) is 41.9 Å². The molecule has 2 N–H and O–H groups in total. The Morgan fingerprint density at radius 1 is 1.26 bits per heavy atom. The highest BCUT2D eigenvalue weighted by atomic mass is 35.5. The van der Waals surface area contributed by atoms with E-state index in [-0.39, 0.29) is 11.8 Å². The Bertz CT molecular complexity index is 682. The van der Waals surface area contributed by atoms with Crippen molar-refractivity contribution >= 4 is 23.4 Å². The minimum atomic E-state index is -0.619. The van der Waals surface area contributed by atoms with Crippen LogP contribution < -0.4 is 10.6 Å². The predicted molar refractivity (Wildman–Crippen MR) is 90.5 cm³/mol. The molecule has 2 aromatic rings. The number of aryl methyl sites for hydroxylation is 1. The molecule has 1 heterocycles. The molecule has 0 fully saturated rings. The van der Waals surface area contributed by atoms with Gasteiger partial charge in [-0.25, -0.2) is 0 Å². The van der Waals surface area contributed by atoms with Crippen LogP contribution in [0.5, 0.6) is 0 Å². The Hall–Kier alpha value is -2.27.